The Balaban J connectivity index is 1.81. The van der Waals surface area contributed by atoms with E-state index >= 15 is 0 Å². The molecule has 1 aromatic heterocycles. The quantitative estimate of drug-likeness (QED) is 0.367. The Hall–Kier alpha value is -2.90. The van der Waals surface area contributed by atoms with Gasteiger partial charge in [-0.2, -0.15) is 0 Å². The topological polar surface area (TPSA) is 91.6 Å². The second-order valence-electron chi connectivity index (χ2n) is 6.71. The van der Waals surface area contributed by atoms with Crippen LogP contribution >= 0.6 is 0 Å². The second kappa shape index (κ2) is 10.4. The number of nitrogens with zero attached hydrogens (tertiary/aromatic N) is 2. The van der Waals surface area contributed by atoms with Crippen LogP contribution in [0.15, 0.2) is 33.8 Å². The lowest BCUT2D eigenvalue weighted by atomic mass is 10.1. The van der Waals surface area contributed by atoms with Crippen molar-refractivity contribution in [3.63, 3.8) is 0 Å². The Morgan fingerprint density at radius 2 is 1.96 bits per heavy atom. The van der Waals surface area contributed by atoms with E-state index in [9.17, 15) is 9.18 Å². The number of hydrogen-bond acceptors (Lipinski definition) is 4. The van der Waals surface area contributed by atoms with Gasteiger partial charge in [-0.05, 0) is 37.5 Å². The average Bonchev–Trinajstić information content (AvgIpc) is 3.14. The van der Waals surface area contributed by atoms with E-state index in [2.05, 4.69) is 39.9 Å². The van der Waals surface area contributed by atoms with Crippen molar-refractivity contribution in [3.05, 3.63) is 52.7 Å². The van der Waals surface area contributed by atoms with E-state index in [-0.39, 0.29) is 11.7 Å². The number of aromatic nitrogens is 1. The highest BCUT2D eigenvalue weighted by atomic mass is 19.1. The number of aliphatic imine (C=N–C) groups is 1. The smallest absolute Gasteiger partial charge is 0.251 e. The molecule has 2 rings (SSSR count). The molecule has 0 atom stereocenters. The van der Waals surface area contributed by atoms with Crippen LogP contribution in [0.4, 0.5) is 4.39 Å². The fraction of sp³-hybridized carbons (Fsp3) is 0.450. The van der Waals surface area contributed by atoms with Gasteiger partial charge in [0.2, 0.25) is 0 Å². The zero-order chi connectivity index (χ0) is 20.5. The van der Waals surface area contributed by atoms with Gasteiger partial charge in [-0.3, -0.25) is 4.79 Å². The summed E-state index contributed by atoms with van der Waals surface area (Å²) in [6, 6.07) is 6.34. The van der Waals surface area contributed by atoms with Gasteiger partial charge in [-0.15, -0.1) is 0 Å². The Morgan fingerprint density at radius 3 is 2.61 bits per heavy atom. The van der Waals surface area contributed by atoms with Gasteiger partial charge < -0.3 is 20.5 Å². The molecule has 0 saturated carbocycles. The van der Waals surface area contributed by atoms with Crippen molar-refractivity contribution in [1.82, 2.24) is 21.1 Å². The first kappa shape index (κ1) is 21.4. The lowest BCUT2D eigenvalue weighted by Crippen LogP contribution is -2.41. The number of rotatable bonds is 8. The summed E-state index contributed by atoms with van der Waals surface area (Å²) in [4.78, 5) is 16.5. The minimum Gasteiger partial charge on any atom is -0.359 e. The van der Waals surface area contributed by atoms with Crippen LogP contribution in [0.2, 0.25) is 0 Å². The molecule has 2 aromatic rings. The summed E-state index contributed by atoms with van der Waals surface area (Å²) in [6.45, 7) is 9.64. The van der Waals surface area contributed by atoms with E-state index in [1.165, 1.54) is 6.07 Å². The SMILES string of the molecule is CCNC(=NCc1cc(C(C)C)no1)NCCNC(=O)c1ccc(C)c(F)c1. The second-order valence-corrected chi connectivity index (χ2v) is 6.71. The van der Waals surface area contributed by atoms with Gasteiger partial charge in [0.1, 0.15) is 12.4 Å². The molecule has 1 heterocycles. The highest BCUT2D eigenvalue weighted by molar-refractivity contribution is 5.94. The average molecular weight is 389 g/mol. The summed E-state index contributed by atoms with van der Waals surface area (Å²) in [7, 11) is 0. The summed E-state index contributed by atoms with van der Waals surface area (Å²) in [5, 5.41) is 13.0. The monoisotopic (exact) mass is 389 g/mol. The summed E-state index contributed by atoms with van der Waals surface area (Å²) >= 11 is 0. The predicted octanol–water partition coefficient (Wildman–Crippen LogP) is 2.73. The minimum atomic E-state index is -0.389. The number of amides is 1. The summed E-state index contributed by atoms with van der Waals surface area (Å²) in [5.41, 5.74) is 1.71. The standard InChI is InChI=1S/C20H28FN5O2/c1-5-22-20(25-12-16-11-18(13(2)3)26-28-16)24-9-8-23-19(27)15-7-6-14(4)17(21)10-15/h6-7,10-11,13H,5,8-9,12H2,1-4H3,(H,23,27)(H2,22,24,25). The van der Waals surface area contributed by atoms with Crippen LogP contribution in [0.25, 0.3) is 0 Å². The van der Waals surface area contributed by atoms with E-state index in [0.29, 0.717) is 54.9 Å². The van der Waals surface area contributed by atoms with E-state index in [0.717, 1.165) is 5.69 Å². The molecule has 0 bridgehead atoms. The van der Waals surface area contributed by atoms with Gasteiger partial charge in [0.25, 0.3) is 5.91 Å². The van der Waals surface area contributed by atoms with Gasteiger partial charge in [0.15, 0.2) is 11.7 Å². The van der Waals surface area contributed by atoms with Crippen LogP contribution in [0.5, 0.6) is 0 Å². The van der Waals surface area contributed by atoms with Crippen molar-refractivity contribution in [2.45, 2.75) is 40.2 Å². The Morgan fingerprint density at radius 1 is 1.21 bits per heavy atom. The van der Waals surface area contributed by atoms with Crippen molar-refractivity contribution in [2.75, 3.05) is 19.6 Å². The van der Waals surface area contributed by atoms with Crippen LogP contribution in [0.1, 0.15) is 54.1 Å². The predicted molar refractivity (Wildman–Crippen MR) is 107 cm³/mol. The highest BCUT2D eigenvalue weighted by Crippen LogP contribution is 2.14. The molecule has 28 heavy (non-hydrogen) atoms. The molecule has 1 amide bonds. The number of benzene rings is 1. The number of carbonyl (C=O) groups is 1. The van der Waals surface area contributed by atoms with Gasteiger partial charge >= 0.3 is 0 Å². The van der Waals surface area contributed by atoms with Crippen molar-refractivity contribution in [1.29, 1.82) is 0 Å². The van der Waals surface area contributed by atoms with Crippen LogP contribution in [0.3, 0.4) is 0 Å². The highest BCUT2D eigenvalue weighted by Gasteiger charge is 2.09. The van der Waals surface area contributed by atoms with E-state index in [1.807, 2.05) is 13.0 Å². The fourth-order valence-electron chi connectivity index (χ4n) is 2.37. The number of hydrogen-bond donors (Lipinski definition) is 3. The van der Waals surface area contributed by atoms with Crippen molar-refractivity contribution in [2.24, 2.45) is 4.99 Å². The van der Waals surface area contributed by atoms with Crippen molar-refractivity contribution in [3.8, 4) is 0 Å². The zero-order valence-electron chi connectivity index (χ0n) is 16.8. The van der Waals surface area contributed by atoms with Gasteiger partial charge in [-0.1, -0.05) is 25.1 Å². The van der Waals surface area contributed by atoms with Crippen LogP contribution in [-0.2, 0) is 6.54 Å². The lowest BCUT2D eigenvalue weighted by Gasteiger charge is -2.11. The largest absolute Gasteiger partial charge is 0.359 e. The zero-order valence-corrected chi connectivity index (χ0v) is 16.8. The normalized spacial score (nSPS) is 11.6. The van der Waals surface area contributed by atoms with Crippen LogP contribution in [0, 0.1) is 12.7 Å². The summed E-state index contributed by atoms with van der Waals surface area (Å²) < 4.78 is 18.8. The third kappa shape index (κ3) is 6.37. The first-order valence-electron chi connectivity index (χ1n) is 9.42. The molecule has 0 unspecified atom stereocenters. The maximum Gasteiger partial charge on any atom is 0.251 e. The molecular weight excluding hydrogens is 361 g/mol. The minimum absolute atomic E-state index is 0.301. The molecule has 3 N–H and O–H groups in total. The molecule has 0 saturated heterocycles. The van der Waals surface area contributed by atoms with Crippen LogP contribution in [-0.4, -0.2) is 36.7 Å². The maximum atomic E-state index is 13.6. The van der Waals surface area contributed by atoms with Gasteiger partial charge in [-0.25, -0.2) is 9.38 Å². The molecule has 8 heteroatoms. The van der Waals surface area contributed by atoms with E-state index < -0.39 is 0 Å². The number of carbonyl (C=O) groups excluding carboxylic acids is 1. The van der Waals surface area contributed by atoms with Gasteiger partial charge in [0, 0.05) is 31.3 Å². The number of nitrogens with one attached hydrogen (secondary N) is 3. The third-order valence-corrected chi connectivity index (χ3v) is 4.04. The molecule has 0 radical (unpaired) electrons. The van der Waals surface area contributed by atoms with Crippen LogP contribution < -0.4 is 16.0 Å². The lowest BCUT2D eigenvalue weighted by molar-refractivity contribution is 0.0954. The fourth-order valence-corrected chi connectivity index (χ4v) is 2.37. The number of aryl methyl sites for hydroxylation is 1. The molecule has 0 aliphatic carbocycles. The van der Waals surface area contributed by atoms with E-state index in [4.69, 9.17) is 4.52 Å². The van der Waals surface area contributed by atoms with Crippen molar-refractivity contribution >= 4 is 11.9 Å². The molecule has 7 nitrogen and oxygen atoms in total. The molecule has 0 aliphatic heterocycles. The molecule has 0 fully saturated rings. The molecule has 0 spiro atoms. The number of guanidine groups is 1. The first-order chi connectivity index (χ1) is 13.4. The molecular formula is C20H28FN5O2. The molecule has 152 valence electrons. The van der Waals surface area contributed by atoms with E-state index in [1.54, 1.807) is 19.1 Å². The Bertz CT molecular complexity index is 817. The summed E-state index contributed by atoms with van der Waals surface area (Å²) in [6.07, 6.45) is 0. The first-order valence-corrected chi connectivity index (χ1v) is 9.42. The number of halogens is 1. The molecule has 1 aromatic carbocycles. The van der Waals surface area contributed by atoms with Gasteiger partial charge in [0.05, 0.1) is 5.69 Å². The summed E-state index contributed by atoms with van der Waals surface area (Å²) in [5.74, 6) is 0.903. The maximum absolute atomic E-state index is 13.6. The Labute approximate surface area is 164 Å². The molecule has 0 aliphatic rings. The third-order valence-electron chi connectivity index (χ3n) is 4.04. The van der Waals surface area contributed by atoms with Crippen molar-refractivity contribution < 1.29 is 13.7 Å². The Kier molecular flexibility index (Phi) is 7.98.